The summed E-state index contributed by atoms with van der Waals surface area (Å²) in [7, 11) is 0. The molecule has 0 aromatic carbocycles. The number of carbonyl (C=O) groups is 1. The maximum absolute atomic E-state index is 11.2. The molecule has 1 aliphatic heterocycles. The van der Waals surface area contributed by atoms with Crippen LogP contribution in [0.25, 0.3) is 0 Å². The minimum Gasteiger partial charge on any atom is -0.316 e. The van der Waals surface area contributed by atoms with Gasteiger partial charge in [-0.15, -0.1) is 0 Å². The summed E-state index contributed by atoms with van der Waals surface area (Å²) >= 11 is 0. The van der Waals surface area contributed by atoms with Crippen LogP contribution in [0.4, 0.5) is 0 Å². The zero-order valence-corrected chi connectivity index (χ0v) is 7.21. The van der Waals surface area contributed by atoms with Crippen molar-refractivity contribution in [3.05, 3.63) is 12.8 Å². The highest BCUT2D eigenvalue weighted by atomic mass is 16.2. The van der Waals surface area contributed by atoms with E-state index < -0.39 is 0 Å². The van der Waals surface area contributed by atoms with E-state index in [0.717, 1.165) is 6.42 Å². The summed E-state index contributed by atoms with van der Waals surface area (Å²) in [4.78, 5) is 12.9. The molecule has 0 N–H and O–H groups in total. The molecular formula is C9H15NO. The number of amides is 1. The Morgan fingerprint density at radius 2 is 2.36 bits per heavy atom. The number of carbonyl (C=O) groups excluding carboxylic acids is 1. The van der Waals surface area contributed by atoms with Gasteiger partial charge in [0.25, 0.3) is 0 Å². The molecule has 0 spiro atoms. The predicted octanol–water partition coefficient (Wildman–Crippen LogP) is 1.78. The van der Waals surface area contributed by atoms with Gasteiger partial charge in [-0.25, -0.2) is 0 Å². The summed E-state index contributed by atoms with van der Waals surface area (Å²) in [6.45, 7) is 7.91. The molecule has 1 saturated heterocycles. The van der Waals surface area contributed by atoms with E-state index in [1.807, 2.05) is 0 Å². The first-order valence-corrected chi connectivity index (χ1v) is 4.10. The third-order valence-electron chi connectivity index (χ3n) is 2.27. The van der Waals surface area contributed by atoms with Gasteiger partial charge in [-0.2, -0.15) is 0 Å². The van der Waals surface area contributed by atoms with Gasteiger partial charge >= 0.3 is 0 Å². The molecule has 1 rings (SSSR count). The summed E-state index contributed by atoms with van der Waals surface area (Å²) in [5.41, 5.74) is 0. The molecule has 62 valence electrons. The fraction of sp³-hybridized carbons (Fsp3) is 0.667. The molecule has 0 saturated carbocycles. The van der Waals surface area contributed by atoms with E-state index >= 15 is 0 Å². The predicted molar refractivity (Wildman–Crippen MR) is 44.9 cm³/mol. The van der Waals surface area contributed by atoms with E-state index in [4.69, 9.17) is 0 Å². The highest BCUT2D eigenvalue weighted by Crippen LogP contribution is 2.24. The van der Waals surface area contributed by atoms with Crippen molar-refractivity contribution in [2.24, 2.45) is 5.92 Å². The van der Waals surface area contributed by atoms with Crippen molar-refractivity contribution in [1.82, 2.24) is 4.90 Å². The molecule has 2 nitrogen and oxygen atoms in total. The summed E-state index contributed by atoms with van der Waals surface area (Å²) < 4.78 is 0. The molecule has 2 heteroatoms. The van der Waals surface area contributed by atoms with Crippen molar-refractivity contribution in [2.75, 3.05) is 0 Å². The molecule has 1 amide bonds. The smallest absolute Gasteiger partial charge is 0.226 e. The van der Waals surface area contributed by atoms with E-state index in [0.29, 0.717) is 18.4 Å². The van der Waals surface area contributed by atoms with Crippen LogP contribution >= 0.6 is 0 Å². The van der Waals surface area contributed by atoms with E-state index in [1.165, 1.54) is 0 Å². The van der Waals surface area contributed by atoms with Crippen LogP contribution in [0.15, 0.2) is 12.8 Å². The molecule has 1 heterocycles. The second kappa shape index (κ2) is 3.07. The fourth-order valence-corrected chi connectivity index (χ4v) is 1.62. The molecule has 1 atom stereocenters. The lowest BCUT2D eigenvalue weighted by Gasteiger charge is -2.23. The number of rotatable bonds is 2. The van der Waals surface area contributed by atoms with Crippen molar-refractivity contribution in [3.63, 3.8) is 0 Å². The van der Waals surface area contributed by atoms with Crippen molar-refractivity contribution in [1.29, 1.82) is 0 Å². The van der Waals surface area contributed by atoms with Crippen LogP contribution in [0.1, 0.15) is 26.7 Å². The Morgan fingerprint density at radius 1 is 1.73 bits per heavy atom. The van der Waals surface area contributed by atoms with Gasteiger partial charge in [0, 0.05) is 12.5 Å². The zero-order chi connectivity index (χ0) is 8.43. The summed E-state index contributed by atoms with van der Waals surface area (Å²) in [6, 6.07) is 0.389. The highest BCUT2D eigenvalue weighted by molar-refractivity contribution is 5.79. The van der Waals surface area contributed by atoms with Crippen LogP contribution in [-0.4, -0.2) is 16.8 Å². The van der Waals surface area contributed by atoms with Gasteiger partial charge in [0.2, 0.25) is 5.91 Å². The average molecular weight is 153 g/mol. The van der Waals surface area contributed by atoms with Crippen molar-refractivity contribution >= 4 is 5.91 Å². The third kappa shape index (κ3) is 1.44. The molecule has 11 heavy (non-hydrogen) atoms. The molecular weight excluding hydrogens is 138 g/mol. The first-order valence-electron chi connectivity index (χ1n) is 4.10. The Bertz CT molecular complexity index is 174. The fourth-order valence-electron chi connectivity index (χ4n) is 1.62. The average Bonchev–Trinajstić information content (AvgIpc) is 2.30. The van der Waals surface area contributed by atoms with Gasteiger partial charge in [0.15, 0.2) is 0 Å². The van der Waals surface area contributed by atoms with Crippen LogP contribution in [0.5, 0.6) is 0 Å². The molecule has 0 aliphatic carbocycles. The van der Waals surface area contributed by atoms with Crippen molar-refractivity contribution in [3.8, 4) is 0 Å². The minimum atomic E-state index is 0.221. The standard InChI is InChI=1S/C9H15NO/c1-4-10-8(7(2)3)5-6-9(10)11/h4,7-8H,1,5-6H2,2-3H3. The van der Waals surface area contributed by atoms with Crippen LogP contribution in [0.2, 0.25) is 0 Å². The lowest BCUT2D eigenvalue weighted by Crippen LogP contribution is -2.31. The second-order valence-corrected chi connectivity index (χ2v) is 3.33. The first-order chi connectivity index (χ1) is 5.16. The maximum Gasteiger partial charge on any atom is 0.226 e. The zero-order valence-electron chi connectivity index (χ0n) is 7.21. The first kappa shape index (κ1) is 8.31. The normalized spacial score (nSPS) is 24.8. The summed E-state index contributed by atoms with van der Waals surface area (Å²) in [5, 5.41) is 0. The van der Waals surface area contributed by atoms with Gasteiger partial charge in [-0.1, -0.05) is 20.4 Å². The molecule has 0 bridgehead atoms. The molecule has 1 fully saturated rings. The topological polar surface area (TPSA) is 20.3 Å². The molecule has 0 aromatic rings. The van der Waals surface area contributed by atoms with Crippen molar-refractivity contribution < 1.29 is 4.79 Å². The maximum atomic E-state index is 11.2. The van der Waals surface area contributed by atoms with Crippen LogP contribution in [0.3, 0.4) is 0 Å². The van der Waals surface area contributed by atoms with Gasteiger partial charge < -0.3 is 4.90 Å². The largest absolute Gasteiger partial charge is 0.316 e. The Balaban J connectivity index is 2.68. The quantitative estimate of drug-likeness (QED) is 0.592. The SMILES string of the molecule is C=CN1C(=O)CCC1C(C)C. The van der Waals surface area contributed by atoms with Gasteiger partial charge in [-0.05, 0) is 18.5 Å². The van der Waals surface area contributed by atoms with Gasteiger partial charge in [0.05, 0.1) is 0 Å². The molecule has 1 unspecified atom stereocenters. The summed E-state index contributed by atoms with van der Waals surface area (Å²) in [6.07, 6.45) is 3.33. The Morgan fingerprint density at radius 3 is 2.73 bits per heavy atom. The third-order valence-corrected chi connectivity index (χ3v) is 2.27. The number of hydrogen-bond acceptors (Lipinski definition) is 1. The minimum absolute atomic E-state index is 0.221. The van der Waals surface area contributed by atoms with E-state index in [1.54, 1.807) is 11.1 Å². The van der Waals surface area contributed by atoms with Gasteiger partial charge in [-0.3, -0.25) is 4.79 Å². The van der Waals surface area contributed by atoms with Crippen molar-refractivity contribution in [2.45, 2.75) is 32.7 Å². The molecule has 1 aliphatic rings. The molecule has 0 aromatic heterocycles. The lowest BCUT2D eigenvalue weighted by atomic mass is 10.0. The second-order valence-electron chi connectivity index (χ2n) is 3.33. The number of nitrogens with zero attached hydrogens (tertiary/aromatic N) is 1. The Kier molecular flexibility index (Phi) is 2.32. The Labute approximate surface area is 67.9 Å². The summed E-state index contributed by atoms with van der Waals surface area (Å²) in [5.74, 6) is 0.762. The van der Waals surface area contributed by atoms with Crippen LogP contribution in [0, 0.1) is 5.92 Å². The van der Waals surface area contributed by atoms with Gasteiger partial charge in [0.1, 0.15) is 0 Å². The van der Waals surface area contributed by atoms with Crippen LogP contribution < -0.4 is 0 Å². The number of hydrogen-bond donors (Lipinski definition) is 0. The van der Waals surface area contributed by atoms with Crippen LogP contribution in [-0.2, 0) is 4.79 Å². The van der Waals surface area contributed by atoms with E-state index in [9.17, 15) is 4.79 Å². The highest BCUT2D eigenvalue weighted by Gasteiger charge is 2.30. The van der Waals surface area contributed by atoms with E-state index in [-0.39, 0.29) is 5.91 Å². The number of likely N-dealkylation sites (tertiary alicyclic amines) is 1. The monoisotopic (exact) mass is 153 g/mol. The molecule has 0 radical (unpaired) electrons. The Hall–Kier alpha value is -0.790. The van der Waals surface area contributed by atoms with E-state index in [2.05, 4.69) is 20.4 Å². The lowest BCUT2D eigenvalue weighted by molar-refractivity contribution is -0.126.